The van der Waals surface area contributed by atoms with Gasteiger partial charge in [-0.3, -0.25) is 33.6 Å². The molecule has 2 aliphatic heterocycles. The lowest BCUT2D eigenvalue weighted by Crippen LogP contribution is -2.67. The Hall–Kier alpha value is -3.87. The van der Waals surface area contributed by atoms with E-state index in [1.807, 2.05) is 0 Å². The van der Waals surface area contributed by atoms with Crippen LogP contribution in [-0.4, -0.2) is 122 Å². The molecule has 0 aliphatic carbocycles. The average molecular weight is 637 g/mol. The molecule has 2 fully saturated rings. The van der Waals surface area contributed by atoms with E-state index in [1.54, 1.807) is 0 Å². The van der Waals surface area contributed by atoms with Crippen LogP contribution in [0.15, 0.2) is 0 Å². The Balaban J connectivity index is 2.64. The van der Waals surface area contributed by atoms with Crippen LogP contribution in [0, 0.1) is 0 Å². The van der Waals surface area contributed by atoms with Crippen LogP contribution in [0.2, 0.25) is 0 Å². The van der Waals surface area contributed by atoms with Gasteiger partial charge in [-0.25, -0.2) is 0 Å². The normalized spacial score (nSPS) is 31.5. The minimum atomic E-state index is -1.84. The first-order valence-electron chi connectivity index (χ1n) is 13.3. The Bertz CT molecular complexity index is 1090. The van der Waals surface area contributed by atoms with Crippen LogP contribution in [0.25, 0.3) is 0 Å². The van der Waals surface area contributed by atoms with Crippen molar-refractivity contribution in [3.8, 4) is 0 Å². The Morgan fingerprint density at radius 2 is 0.864 bits per heavy atom. The highest BCUT2D eigenvalue weighted by molar-refractivity contribution is 5.69. The lowest BCUT2D eigenvalue weighted by atomic mass is 9.96. The zero-order valence-corrected chi connectivity index (χ0v) is 25.1. The number of esters is 7. The Kier molecular flexibility index (Phi) is 13.4. The molecule has 4 unspecified atom stereocenters. The highest BCUT2D eigenvalue weighted by atomic mass is 16.8. The average Bonchev–Trinajstić information content (AvgIpc) is 2.87. The van der Waals surface area contributed by atoms with E-state index < -0.39 is 116 Å². The van der Waals surface area contributed by atoms with Gasteiger partial charge < -0.3 is 52.5 Å². The van der Waals surface area contributed by atoms with Crippen LogP contribution < -0.4 is 0 Å². The van der Waals surface area contributed by atoms with E-state index in [0.29, 0.717) is 0 Å². The number of aliphatic hydroxyl groups excluding tert-OH is 1. The Labute approximate surface area is 251 Å². The van der Waals surface area contributed by atoms with Gasteiger partial charge in [-0.1, -0.05) is 0 Å². The highest BCUT2D eigenvalue weighted by Gasteiger charge is 2.57. The smallest absolute Gasteiger partial charge is 0.305 e. The third kappa shape index (κ3) is 10.7. The van der Waals surface area contributed by atoms with Crippen LogP contribution in [-0.2, 0) is 80.9 Å². The molecular formula is C26H36O18. The van der Waals surface area contributed by atoms with Crippen molar-refractivity contribution in [2.24, 2.45) is 0 Å². The quantitative estimate of drug-likeness (QED) is 0.203. The van der Waals surface area contributed by atoms with Gasteiger partial charge in [-0.05, 0) is 0 Å². The second-order valence-corrected chi connectivity index (χ2v) is 9.69. The molecule has 2 rings (SSSR count). The molecule has 0 aromatic carbocycles. The van der Waals surface area contributed by atoms with Gasteiger partial charge in [0.05, 0.1) is 0 Å². The Morgan fingerprint density at radius 3 is 1.32 bits per heavy atom. The predicted molar refractivity (Wildman–Crippen MR) is 135 cm³/mol. The second kappa shape index (κ2) is 16.3. The summed E-state index contributed by atoms with van der Waals surface area (Å²) in [4.78, 5) is 83.2. The Morgan fingerprint density at radius 1 is 0.477 bits per heavy atom. The summed E-state index contributed by atoms with van der Waals surface area (Å²) in [5.41, 5.74) is 0. The zero-order chi connectivity index (χ0) is 33.3. The van der Waals surface area contributed by atoms with Crippen molar-refractivity contribution in [3.63, 3.8) is 0 Å². The lowest BCUT2D eigenvalue weighted by molar-refractivity contribution is -0.358. The molecule has 0 aromatic heterocycles. The topological polar surface area (TPSA) is 232 Å². The maximum atomic E-state index is 12.2. The summed E-state index contributed by atoms with van der Waals surface area (Å²) in [6.45, 7) is 6.13. The first-order chi connectivity index (χ1) is 20.5. The fraction of sp³-hybridized carbons (Fsp3) is 0.731. The first kappa shape index (κ1) is 36.3. The van der Waals surface area contributed by atoms with Crippen LogP contribution in [0.3, 0.4) is 0 Å². The highest BCUT2D eigenvalue weighted by Crippen LogP contribution is 2.34. The molecule has 44 heavy (non-hydrogen) atoms. The van der Waals surface area contributed by atoms with Crippen LogP contribution in [0.1, 0.15) is 48.5 Å². The zero-order valence-electron chi connectivity index (χ0n) is 25.1. The molecule has 0 aromatic rings. The van der Waals surface area contributed by atoms with E-state index in [0.717, 1.165) is 48.5 Å². The molecule has 0 saturated carbocycles. The molecule has 0 bridgehead atoms. The molecule has 2 heterocycles. The van der Waals surface area contributed by atoms with Crippen LogP contribution in [0.5, 0.6) is 0 Å². The van der Waals surface area contributed by atoms with E-state index in [1.165, 1.54) is 0 Å². The monoisotopic (exact) mass is 636 g/mol. The summed E-state index contributed by atoms with van der Waals surface area (Å²) >= 11 is 0. The molecule has 18 heteroatoms. The van der Waals surface area contributed by atoms with E-state index in [4.69, 9.17) is 47.4 Å². The van der Waals surface area contributed by atoms with Crippen molar-refractivity contribution >= 4 is 41.8 Å². The first-order valence-corrected chi connectivity index (χ1v) is 13.3. The molecule has 0 amide bonds. The van der Waals surface area contributed by atoms with Crippen molar-refractivity contribution in [2.45, 2.75) is 110 Å². The van der Waals surface area contributed by atoms with Crippen molar-refractivity contribution in [3.05, 3.63) is 0 Å². The van der Waals surface area contributed by atoms with Crippen molar-refractivity contribution in [1.29, 1.82) is 0 Å². The maximum absolute atomic E-state index is 12.2. The number of hydrogen-bond acceptors (Lipinski definition) is 18. The number of hydrogen-bond donors (Lipinski definition) is 1. The largest absolute Gasteiger partial charge is 0.463 e. The van der Waals surface area contributed by atoms with Gasteiger partial charge in [-0.2, -0.15) is 0 Å². The molecule has 0 radical (unpaired) electrons. The molecule has 2 saturated heterocycles. The minimum Gasteiger partial charge on any atom is -0.463 e. The van der Waals surface area contributed by atoms with Crippen molar-refractivity contribution in [1.82, 2.24) is 0 Å². The lowest BCUT2D eigenvalue weighted by Gasteiger charge is -2.48. The third-order valence-electron chi connectivity index (χ3n) is 5.89. The van der Waals surface area contributed by atoms with E-state index in [2.05, 4.69) is 0 Å². The summed E-state index contributed by atoms with van der Waals surface area (Å²) in [6, 6.07) is 0. The van der Waals surface area contributed by atoms with E-state index in [-0.39, 0.29) is 0 Å². The minimum absolute atomic E-state index is 0.567. The maximum Gasteiger partial charge on any atom is 0.305 e. The second-order valence-electron chi connectivity index (χ2n) is 9.69. The van der Waals surface area contributed by atoms with Crippen molar-refractivity contribution in [2.75, 3.05) is 13.2 Å². The van der Waals surface area contributed by atoms with Gasteiger partial charge in [0, 0.05) is 48.5 Å². The molecule has 2 aliphatic rings. The SMILES string of the molecule is CC(=O)OCC1O[C@@H](O[C@@H]2C(OC(C)=O)[C@H](OC(C)=O)OC(COC(C)=O)[C@@H]2OC(C)=O)C(OC(C)=O)[C@@H](O)[C@H]1OC(C)=O. The number of carbonyl (C=O) groups excluding carboxylic acids is 7. The van der Waals surface area contributed by atoms with Gasteiger partial charge in [0.15, 0.2) is 30.7 Å². The molecule has 10 atom stereocenters. The van der Waals surface area contributed by atoms with E-state index in [9.17, 15) is 38.7 Å². The third-order valence-corrected chi connectivity index (χ3v) is 5.89. The molecule has 18 nitrogen and oxygen atoms in total. The summed E-state index contributed by atoms with van der Waals surface area (Å²) in [7, 11) is 0. The summed E-state index contributed by atoms with van der Waals surface area (Å²) < 4.78 is 54.0. The number of aliphatic hydroxyl groups is 1. The number of ether oxygens (including phenoxy) is 10. The standard InChI is InChI=1S/C26H36O18/c1-10(27)35-8-17-20(37-12(3)29)19(34)22(39-14(5)31)25(42-17)44-23-21(38-13(4)30)18(9-36-11(2)28)43-26(41-16(7)33)24(23)40-15(6)32/h17-26,34H,8-9H2,1-7H3/t17?,18?,19-,20-,21-,22?,23-,24?,25-,26+/m0/s1. The fourth-order valence-electron chi connectivity index (χ4n) is 4.42. The number of rotatable bonds is 11. The van der Waals surface area contributed by atoms with Crippen molar-refractivity contribution < 1.29 is 86.0 Å². The van der Waals surface area contributed by atoms with Gasteiger partial charge in [0.25, 0.3) is 0 Å². The summed E-state index contributed by atoms with van der Waals surface area (Å²) in [6.07, 6.45) is -16.4. The summed E-state index contributed by atoms with van der Waals surface area (Å²) in [5.74, 6) is -6.01. The molecule has 1 N–H and O–H groups in total. The molecule has 0 spiro atoms. The van der Waals surface area contributed by atoms with E-state index >= 15 is 0 Å². The number of carbonyl (C=O) groups is 7. The molecule has 248 valence electrons. The van der Waals surface area contributed by atoms with Crippen LogP contribution >= 0.6 is 0 Å². The van der Waals surface area contributed by atoms with Gasteiger partial charge >= 0.3 is 41.8 Å². The molecular weight excluding hydrogens is 600 g/mol. The van der Waals surface area contributed by atoms with Gasteiger partial charge in [0.2, 0.25) is 6.29 Å². The van der Waals surface area contributed by atoms with Gasteiger partial charge in [0.1, 0.15) is 37.6 Å². The fourth-order valence-corrected chi connectivity index (χ4v) is 4.42. The summed E-state index contributed by atoms with van der Waals surface area (Å²) in [5, 5.41) is 11.2. The van der Waals surface area contributed by atoms with Gasteiger partial charge in [-0.15, -0.1) is 0 Å². The predicted octanol–water partition coefficient (Wildman–Crippen LogP) is -1.40. The van der Waals surface area contributed by atoms with Crippen LogP contribution in [0.4, 0.5) is 0 Å².